The standard InChI is InChI=1S/C12H17NO2/c1-8(9(2)12(13)14)10-5-4-6-11(7-10)15-3/h4-9H,1-3H3,(H2,13,14). The largest absolute Gasteiger partial charge is 0.497 e. The highest BCUT2D eigenvalue weighted by Crippen LogP contribution is 2.26. The number of carbonyl (C=O) groups is 1. The van der Waals surface area contributed by atoms with Gasteiger partial charge in [-0.2, -0.15) is 0 Å². The number of nitrogens with two attached hydrogens (primary N) is 1. The van der Waals surface area contributed by atoms with Crippen LogP contribution in [0.4, 0.5) is 0 Å². The molecule has 0 heterocycles. The molecule has 1 rings (SSSR count). The molecular weight excluding hydrogens is 190 g/mol. The van der Waals surface area contributed by atoms with Gasteiger partial charge in [0.2, 0.25) is 5.91 Å². The maximum absolute atomic E-state index is 11.1. The quantitative estimate of drug-likeness (QED) is 0.820. The minimum absolute atomic E-state index is 0.109. The van der Waals surface area contributed by atoms with Gasteiger partial charge < -0.3 is 10.5 Å². The third kappa shape index (κ3) is 2.72. The van der Waals surface area contributed by atoms with Gasteiger partial charge in [-0.3, -0.25) is 4.79 Å². The molecule has 82 valence electrons. The van der Waals surface area contributed by atoms with Crippen molar-refractivity contribution in [3.05, 3.63) is 29.8 Å². The van der Waals surface area contributed by atoms with Crippen molar-refractivity contribution in [2.45, 2.75) is 19.8 Å². The van der Waals surface area contributed by atoms with Crippen molar-refractivity contribution < 1.29 is 9.53 Å². The molecule has 2 unspecified atom stereocenters. The number of amides is 1. The zero-order valence-electron chi connectivity index (χ0n) is 9.36. The van der Waals surface area contributed by atoms with Gasteiger partial charge in [-0.15, -0.1) is 0 Å². The molecule has 3 heteroatoms. The van der Waals surface area contributed by atoms with Crippen LogP contribution in [-0.4, -0.2) is 13.0 Å². The van der Waals surface area contributed by atoms with E-state index in [1.54, 1.807) is 7.11 Å². The monoisotopic (exact) mass is 207 g/mol. The lowest BCUT2D eigenvalue weighted by molar-refractivity contribution is -0.121. The second-order valence-corrected chi connectivity index (χ2v) is 3.76. The van der Waals surface area contributed by atoms with Gasteiger partial charge in [0.25, 0.3) is 0 Å². The van der Waals surface area contributed by atoms with Crippen molar-refractivity contribution in [3.8, 4) is 5.75 Å². The molecule has 0 bridgehead atoms. The topological polar surface area (TPSA) is 52.3 Å². The first kappa shape index (κ1) is 11.6. The van der Waals surface area contributed by atoms with Crippen LogP contribution in [0.25, 0.3) is 0 Å². The van der Waals surface area contributed by atoms with E-state index < -0.39 is 0 Å². The molecule has 1 aromatic carbocycles. The predicted molar refractivity (Wildman–Crippen MR) is 59.8 cm³/mol. The fourth-order valence-corrected chi connectivity index (χ4v) is 1.46. The summed E-state index contributed by atoms with van der Waals surface area (Å²) in [6.07, 6.45) is 0. The SMILES string of the molecule is COc1cccc(C(C)C(C)C(N)=O)c1. The third-order valence-electron chi connectivity index (χ3n) is 2.82. The van der Waals surface area contributed by atoms with E-state index in [0.717, 1.165) is 11.3 Å². The van der Waals surface area contributed by atoms with Crippen LogP contribution in [0.15, 0.2) is 24.3 Å². The highest BCUT2D eigenvalue weighted by Gasteiger charge is 2.19. The van der Waals surface area contributed by atoms with E-state index in [0.29, 0.717) is 0 Å². The van der Waals surface area contributed by atoms with Gasteiger partial charge in [0.05, 0.1) is 7.11 Å². The Balaban J connectivity index is 2.90. The molecule has 0 aliphatic carbocycles. The van der Waals surface area contributed by atoms with Gasteiger partial charge in [0.1, 0.15) is 5.75 Å². The Morgan fingerprint density at radius 2 is 2.07 bits per heavy atom. The molecule has 0 aliphatic heterocycles. The third-order valence-corrected chi connectivity index (χ3v) is 2.82. The summed E-state index contributed by atoms with van der Waals surface area (Å²) in [4.78, 5) is 11.1. The van der Waals surface area contributed by atoms with Crippen LogP contribution < -0.4 is 10.5 Å². The smallest absolute Gasteiger partial charge is 0.220 e. The van der Waals surface area contributed by atoms with Crippen molar-refractivity contribution in [1.82, 2.24) is 0 Å². The Morgan fingerprint density at radius 1 is 1.40 bits per heavy atom. The number of methoxy groups -OCH3 is 1. The minimum Gasteiger partial charge on any atom is -0.497 e. The van der Waals surface area contributed by atoms with E-state index in [2.05, 4.69) is 0 Å². The fraction of sp³-hybridized carbons (Fsp3) is 0.417. The van der Waals surface area contributed by atoms with Crippen LogP contribution in [0.5, 0.6) is 5.75 Å². The van der Waals surface area contributed by atoms with Gasteiger partial charge in [0, 0.05) is 5.92 Å². The fourth-order valence-electron chi connectivity index (χ4n) is 1.46. The Bertz CT molecular complexity index is 349. The number of ether oxygens (including phenoxy) is 1. The van der Waals surface area contributed by atoms with Crippen molar-refractivity contribution >= 4 is 5.91 Å². The molecule has 15 heavy (non-hydrogen) atoms. The molecule has 2 atom stereocenters. The lowest BCUT2D eigenvalue weighted by atomic mass is 9.88. The zero-order chi connectivity index (χ0) is 11.4. The molecule has 1 amide bonds. The lowest BCUT2D eigenvalue weighted by Gasteiger charge is -2.17. The number of benzene rings is 1. The van der Waals surface area contributed by atoms with Crippen molar-refractivity contribution in [1.29, 1.82) is 0 Å². The van der Waals surface area contributed by atoms with E-state index in [4.69, 9.17) is 10.5 Å². The Hall–Kier alpha value is -1.51. The highest BCUT2D eigenvalue weighted by molar-refractivity contribution is 5.77. The molecule has 3 nitrogen and oxygen atoms in total. The van der Waals surface area contributed by atoms with Crippen LogP contribution in [0.2, 0.25) is 0 Å². The first-order chi connectivity index (χ1) is 7.06. The van der Waals surface area contributed by atoms with E-state index in [-0.39, 0.29) is 17.7 Å². The summed E-state index contributed by atoms with van der Waals surface area (Å²) in [5, 5.41) is 0. The summed E-state index contributed by atoms with van der Waals surface area (Å²) in [5.74, 6) is 0.469. The van der Waals surface area contributed by atoms with E-state index in [1.807, 2.05) is 38.1 Å². The van der Waals surface area contributed by atoms with Gasteiger partial charge in [-0.1, -0.05) is 26.0 Å². The average molecular weight is 207 g/mol. The van der Waals surface area contributed by atoms with E-state index in [1.165, 1.54) is 0 Å². The number of hydrogen-bond acceptors (Lipinski definition) is 2. The Kier molecular flexibility index (Phi) is 3.72. The van der Waals surface area contributed by atoms with Crippen LogP contribution in [-0.2, 0) is 4.79 Å². The average Bonchev–Trinajstić information content (AvgIpc) is 2.27. The highest BCUT2D eigenvalue weighted by atomic mass is 16.5. The molecule has 0 fully saturated rings. The molecule has 0 saturated carbocycles. The second kappa shape index (κ2) is 4.82. The molecule has 0 radical (unpaired) electrons. The van der Waals surface area contributed by atoms with Crippen LogP contribution in [0.1, 0.15) is 25.3 Å². The summed E-state index contributed by atoms with van der Waals surface area (Å²) < 4.78 is 5.13. The van der Waals surface area contributed by atoms with Crippen molar-refractivity contribution in [2.75, 3.05) is 7.11 Å². The van der Waals surface area contributed by atoms with E-state index in [9.17, 15) is 4.79 Å². The molecule has 0 aromatic heterocycles. The lowest BCUT2D eigenvalue weighted by Crippen LogP contribution is -2.24. The van der Waals surface area contributed by atoms with Crippen LogP contribution >= 0.6 is 0 Å². The van der Waals surface area contributed by atoms with Crippen LogP contribution in [0.3, 0.4) is 0 Å². The summed E-state index contributed by atoms with van der Waals surface area (Å²) in [6.45, 7) is 3.83. The second-order valence-electron chi connectivity index (χ2n) is 3.76. The first-order valence-corrected chi connectivity index (χ1v) is 4.99. The Morgan fingerprint density at radius 3 is 2.60 bits per heavy atom. The number of carbonyl (C=O) groups excluding carboxylic acids is 1. The summed E-state index contributed by atoms with van der Waals surface area (Å²) in [5.41, 5.74) is 6.34. The summed E-state index contributed by atoms with van der Waals surface area (Å²) in [6, 6.07) is 7.71. The van der Waals surface area contributed by atoms with E-state index >= 15 is 0 Å². The molecule has 0 saturated heterocycles. The van der Waals surface area contributed by atoms with Gasteiger partial charge in [-0.25, -0.2) is 0 Å². The number of primary amides is 1. The summed E-state index contributed by atoms with van der Waals surface area (Å²) in [7, 11) is 1.63. The normalized spacial score (nSPS) is 14.3. The molecule has 0 spiro atoms. The van der Waals surface area contributed by atoms with Gasteiger partial charge in [0.15, 0.2) is 0 Å². The summed E-state index contributed by atoms with van der Waals surface area (Å²) >= 11 is 0. The molecule has 2 N–H and O–H groups in total. The maximum Gasteiger partial charge on any atom is 0.220 e. The van der Waals surface area contributed by atoms with Gasteiger partial charge in [-0.05, 0) is 23.6 Å². The molecule has 0 aliphatic rings. The predicted octanol–water partition coefficient (Wildman–Crippen LogP) is 1.92. The zero-order valence-corrected chi connectivity index (χ0v) is 9.36. The first-order valence-electron chi connectivity index (χ1n) is 4.99. The van der Waals surface area contributed by atoms with Gasteiger partial charge >= 0.3 is 0 Å². The maximum atomic E-state index is 11.1. The number of hydrogen-bond donors (Lipinski definition) is 1. The number of rotatable bonds is 4. The minimum atomic E-state index is -0.273. The van der Waals surface area contributed by atoms with Crippen LogP contribution in [0, 0.1) is 5.92 Å². The molecule has 1 aromatic rings. The Labute approximate surface area is 90.2 Å². The molecular formula is C12H17NO2. The van der Waals surface area contributed by atoms with Crippen molar-refractivity contribution in [3.63, 3.8) is 0 Å². The van der Waals surface area contributed by atoms with Crippen molar-refractivity contribution in [2.24, 2.45) is 11.7 Å².